The van der Waals surface area contributed by atoms with Gasteiger partial charge in [-0.05, 0) is 12.1 Å². The maximum atomic E-state index is 11.2. The van der Waals surface area contributed by atoms with Crippen LogP contribution in [0, 0.1) is 0 Å². The Labute approximate surface area is 99.7 Å². The molecule has 0 radical (unpaired) electrons. The summed E-state index contributed by atoms with van der Waals surface area (Å²) in [6.45, 7) is 0.908. The Balaban J connectivity index is 1.84. The normalized spacial score (nSPS) is 17.6. The predicted molar refractivity (Wildman–Crippen MR) is 61.2 cm³/mol. The summed E-state index contributed by atoms with van der Waals surface area (Å²) in [5, 5.41) is 2.72. The summed E-state index contributed by atoms with van der Waals surface area (Å²) < 4.78 is 15.9. The van der Waals surface area contributed by atoms with Gasteiger partial charge in [-0.2, -0.15) is 0 Å². The Kier molecular flexibility index (Phi) is 3.82. The third-order valence-electron chi connectivity index (χ3n) is 2.37. The van der Waals surface area contributed by atoms with Crippen molar-refractivity contribution in [3.63, 3.8) is 0 Å². The zero-order valence-electron chi connectivity index (χ0n) is 9.64. The molecule has 2 rings (SSSR count). The number of para-hydroxylation sites is 2. The quantitative estimate of drug-likeness (QED) is 0.832. The second-order valence-corrected chi connectivity index (χ2v) is 3.73. The molecule has 17 heavy (non-hydrogen) atoms. The molecular weight excluding hydrogens is 222 g/mol. The van der Waals surface area contributed by atoms with Gasteiger partial charge in [0.15, 0.2) is 11.5 Å². The van der Waals surface area contributed by atoms with Crippen LogP contribution in [0.2, 0.25) is 0 Å². The van der Waals surface area contributed by atoms with E-state index in [0.717, 1.165) is 5.75 Å². The summed E-state index contributed by atoms with van der Waals surface area (Å²) in [7, 11) is 1.48. The Morgan fingerprint density at radius 1 is 1.47 bits per heavy atom. The van der Waals surface area contributed by atoms with Gasteiger partial charge in [0.05, 0.1) is 6.54 Å². The Bertz CT molecular complexity index is 394. The number of carbonyl (C=O) groups excluding carboxylic acids is 1. The van der Waals surface area contributed by atoms with Crippen LogP contribution in [-0.2, 0) is 9.53 Å². The lowest BCUT2D eigenvalue weighted by Crippen LogP contribution is -2.41. The average molecular weight is 237 g/mol. The van der Waals surface area contributed by atoms with Crippen LogP contribution in [0.25, 0.3) is 0 Å². The molecular formula is C12H15NO4. The van der Waals surface area contributed by atoms with Crippen molar-refractivity contribution < 1.29 is 19.0 Å². The first kappa shape index (κ1) is 11.7. The summed E-state index contributed by atoms with van der Waals surface area (Å²) in [6.07, 6.45) is -0.161. The molecule has 1 aromatic carbocycles. The molecule has 0 saturated heterocycles. The van der Waals surface area contributed by atoms with Gasteiger partial charge >= 0.3 is 0 Å². The van der Waals surface area contributed by atoms with Crippen molar-refractivity contribution in [2.24, 2.45) is 0 Å². The first-order chi connectivity index (χ1) is 8.29. The summed E-state index contributed by atoms with van der Waals surface area (Å²) >= 11 is 0. The molecule has 1 atom stereocenters. The molecule has 0 saturated carbocycles. The van der Waals surface area contributed by atoms with Crippen LogP contribution < -0.4 is 14.8 Å². The SMILES string of the molecule is COCC(=O)NC[C@H]1COc2ccccc2O1. The van der Waals surface area contributed by atoms with Gasteiger partial charge in [0.25, 0.3) is 0 Å². The molecule has 0 unspecified atom stereocenters. The second kappa shape index (κ2) is 5.54. The summed E-state index contributed by atoms with van der Waals surface area (Å²) in [4.78, 5) is 11.2. The van der Waals surface area contributed by atoms with Crippen molar-refractivity contribution in [2.45, 2.75) is 6.10 Å². The molecule has 5 nitrogen and oxygen atoms in total. The van der Waals surface area contributed by atoms with E-state index in [1.807, 2.05) is 24.3 Å². The van der Waals surface area contributed by atoms with Gasteiger partial charge in [0.1, 0.15) is 19.3 Å². The first-order valence-electron chi connectivity index (χ1n) is 5.43. The number of hydrogen-bond acceptors (Lipinski definition) is 4. The van der Waals surface area contributed by atoms with Crippen molar-refractivity contribution in [1.82, 2.24) is 5.32 Å². The third-order valence-corrected chi connectivity index (χ3v) is 2.37. The Morgan fingerprint density at radius 2 is 2.24 bits per heavy atom. The van der Waals surface area contributed by atoms with E-state index >= 15 is 0 Å². The molecule has 1 heterocycles. The first-order valence-corrected chi connectivity index (χ1v) is 5.43. The molecule has 1 aliphatic heterocycles. The highest BCUT2D eigenvalue weighted by Gasteiger charge is 2.20. The fourth-order valence-corrected chi connectivity index (χ4v) is 1.57. The van der Waals surface area contributed by atoms with Gasteiger partial charge in [-0.3, -0.25) is 4.79 Å². The highest BCUT2D eigenvalue weighted by Crippen LogP contribution is 2.30. The van der Waals surface area contributed by atoms with Crippen LogP contribution in [0.15, 0.2) is 24.3 Å². The summed E-state index contributed by atoms with van der Waals surface area (Å²) in [5.74, 6) is 1.30. The number of nitrogens with one attached hydrogen (secondary N) is 1. The minimum atomic E-state index is -0.161. The van der Waals surface area contributed by atoms with Gasteiger partial charge in [-0.25, -0.2) is 0 Å². The van der Waals surface area contributed by atoms with Crippen LogP contribution in [0.4, 0.5) is 0 Å². The van der Waals surface area contributed by atoms with Crippen molar-refractivity contribution in [2.75, 3.05) is 26.9 Å². The molecule has 0 aliphatic carbocycles. The lowest BCUT2D eigenvalue weighted by atomic mass is 10.2. The smallest absolute Gasteiger partial charge is 0.246 e. The number of ether oxygens (including phenoxy) is 3. The van der Waals surface area contributed by atoms with Crippen molar-refractivity contribution in [3.05, 3.63) is 24.3 Å². The fraction of sp³-hybridized carbons (Fsp3) is 0.417. The monoisotopic (exact) mass is 237 g/mol. The highest BCUT2D eigenvalue weighted by molar-refractivity contribution is 5.77. The Morgan fingerprint density at radius 3 is 3.00 bits per heavy atom. The number of rotatable bonds is 4. The van der Waals surface area contributed by atoms with E-state index in [0.29, 0.717) is 18.9 Å². The molecule has 0 aromatic heterocycles. The topological polar surface area (TPSA) is 56.8 Å². The van der Waals surface area contributed by atoms with Gasteiger partial charge in [-0.15, -0.1) is 0 Å². The van der Waals surface area contributed by atoms with Crippen LogP contribution in [0.3, 0.4) is 0 Å². The van der Waals surface area contributed by atoms with E-state index < -0.39 is 0 Å². The second-order valence-electron chi connectivity index (χ2n) is 3.73. The number of amides is 1. The van der Waals surface area contributed by atoms with Crippen LogP contribution in [0.5, 0.6) is 11.5 Å². The van der Waals surface area contributed by atoms with Crippen LogP contribution in [-0.4, -0.2) is 38.9 Å². The van der Waals surface area contributed by atoms with Crippen LogP contribution >= 0.6 is 0 Å². The molecule has 1 aromatic rings. The molecule has 0 spiro atoms. The van der Waals surface area contributed by atoms with E-state index in [1.165, 1.54) is 7.11 Å². The molecule has 92 valence electrons. The zero-order chi connectivity index (χ0) is 12.1. The molecule has 1 N–H and O–H groups in total. The lowest BCUT2D eigenvalue weighted by molar-refractivity contribution is -0.125. The molecule has 0 bridgehead atoms. The summed E-state index contributed by atoms with van der Waals surface area (Å²) in [5.41, 5.74) is 0. The maximum Gasteiger partial charge on any atom is 0.246 e. The van der Waals surface area contributed by atoms with E-state index in [4.69, 9.17) is 14.2 Å². The van der Waals surface area contributed by atoms with Crippen molar-refractivity contribution in [1.29, 1.82) is 0 Å². The predicted octanol–water partition coefficient (Wildman–Crippen LogP) is 0.589. The van der Waals surface area contributed by atoms with Gasteiger partial charge in [-0.1, -0.05) is 12.1 Å². The largest absolute Gasteiger partial charge is 0.486 e. The number of methoxy groups -OCH3 is 1. The molecule has 0 fully saturated rings. The van der Waals surface area contributed by atoms with Crippen molar-refractivity contribution >= 4 is 5.91 Å². The van der Waals surface area contributed by atoms with Gasteiger partial charge in [0.2, 0.25) is 5.91 Å². The highest BCUT2D eigenvalue weighted by atomic mass is 16.6. The minimum Gasteiger partial charge on any atom is -0.486 e. The number of benzene rings is 1. The number of carbonyl (C=O) groups is 1. The lowest BCUT2D eigenvalue weighted by Gasteiger charge is -2.26. The van der Waals surface area contributed by atoms with Crippen molar-refractivity contribution in [3.8, 4) is 11.5 Å². The zero-order valence-corrected chi connectivity index (χ0v) is 9.64. The van der Waals surface area contributed by atoms with E-state index in [9.17, 15) is 4.79 Å². The molecule has 1 amide bonds. The average Bonchev–Trinajstić information content (AvgIpc) is 2.36. The molecule has 5 heteroatoms. The maximum absolute atomic E-state index is 11.2. The third kappa shape index (κ3) is 3.10. The fourth-order valence-electron chi connectivity index (χ4n) is 1.57. The van der Waals surface area contributed by atoms with Gasteiger partial charge in [0, 0.05) is 7.11 Å². The van der Waals surface area contributed by atoms with Gasteiger partial charge < -0.3 is 19.5 Å². The number of fused-ring (bicyclic) bond motifs is 1. The van der Waals surface area contributed by atoms with E-state index in [-0.39, 0.29) is 18.6 Å². The molecule has 1 aliphatic rings. The standard InChI is InChI=1S/C12H15NO4/c1-15-8-12(14)13-6-9-7-16-10-4-2-3-5-11(10)17-9/h2-5,9H,6-8H2,1H3,(H,13,14)/t9-/m0/s1. The van der Waals surface area contributed by atoms with E-state index in [2.05, 4.69) is 5.32 Å². The Hall–Kier alpha value is -1.75. The minimum absolute atomic E-state index is 0.0597. The van der Waals surface area contributed by atoms with Crippen LogP contribution in [0.1, 0.15) is 0 Å². The number of hydrogen-bond donors (Lipinski definition) is 1. The summed E-state index contributed by atoms with van der Waals surface area (Å²) in [6, 6.07) is 7.48. The van der Waals surface area contributed by atoms with E-state index in [1.54, 1.807) is 0 Å².